The highest BCUT2D eigenvalue weighted by atomic mass is 16.4. The minimum absolute atomic E-state index is 0.0771. The van der Waals surface area contributed by atoms with Gasteiger partial charge in [0.25, 0.3) is 0 Å². The van der Waals surface area contributed by atoms with E-state index in [0.717, 1.165) is 11.1 Å². The van der Waals surface area contributed by atoms with Crippen LogP contribution >= 0.6 is 0 Å². The molecule has 0 heterocycles. The molecule has 0 aromatic heterocycles. The van der Waals surface area contributed by atoms with Crippen LogP contribution in [0.5, 0.6) is 0 Å². The molecule has 6 nitrogen and oxygen atoms in total. The largest absolute Gasteiger partial charge is 0.479 e. The van der Waals surface area contributed by atoms with Crippen molar-refractivity contribution in [3.8, 4) is 0 Å². The zero-order chi connectivity index (χ0) is 19.2. The van der Waals surface area contributed by atoms with E-state index in [2.05, 4.69) is 10.6 Å². The molecule has 138 valence electrons. The molecule has 1 unspecified atom stereocenters. The van der Waals surface area contributed by atoms with Gasteiger partial charge < -0.3 is 15.7 Å². The summed E-state index contributed by atoms with van der Waals surface area (Å²) in [7, 11) is 0. The molecule has 1 aromatic carbocycles. The van der Waals surface area contributed by atoms with Crippen molar-refractivity contribution in [2.24, 2.45) is 5.41 Å². The molecule has 1 atom stereocenters. The molecule has 0 aliphatic carbocycles. The van der Waals surface area contributed by atoms with Gasteiger partial charge >= 0.3 is 5.97 Å². The van der Waals surface area contributed by atoms with Crippen LogP contribution in [0.25, 0.3) is 0 Å². The fraction of sp³-hybridized carbons (Fsp3) is 0.526. The lowest BCUT2D eigenvalue weighted by Crippen LogP contribution is -2.37. The van der Waals surface area contributed by atoms with Gasteiger partial charge in [0, 0.05) is 18.4 Å². The van der Waals surface area contributed by atoms with E-state index in [0.29, 0.717) is 18.5 Å². The SMILES string of the molecule is Cc1cccc(C(NC(=O)CCCNC(=O)C(C)(C)C)C(=O)O)c1C. The van der Waals surface area contributed by atoms with Crippen LogP contribution in [0.1, 0.15) is 56.3 Å². The number of nitrogens with one attached hydrogen (secondary N) is 2. The third kappa shape index (κ3) is 6.21. The highest BCUT2D eigenvalue weighted by Crippen LogP contribution is 2.21. The highest BCUT2D eigenvalue weighted by molar-refractivity contribution is 5.85. The Bertz CT molecular complexity index is 647. The predicted molar refractivity (Wildman–Crippen MR) is 96.1 cm³/mol. The van der Waals surface area contributed by atoms with Crippen molar-refractivity contribution >= 4 is 17.8 Å². The summed E-state index contributed by atoms with van der Waals surface area (Å²) in [6, 6.07) is 4.32. The summed E-state index contributed by atoms with van der Waals surface area (Å²) < 4.78 is 0. The van der Waals surface area contributed by atoms with Gasteiger partial charge in [0.2, 0.25) is 11.8 Å². The summed E-state index contributed by atoms with van der Waals surface area (Å²) in [5.41, 5.74) is 1.94. The van der Waals surface area contributed by atoms with E-state index in [-0.39, 0.29) is 18.2 Å². The molecule has 0 radical (unpaired) electrons. The van der Waals surface area contributed by atoms with Crippen molar-refractivity contribution in [2.45, 2.75) is 53.5 Å². The van der Waals surface area contributed by atoms with Gasteiger partial charge in [-0.3, -0.25) is 9.59 Å². The Morgan fingerprint density at radius 3 is 2.36 bits per heavy atom. The second-order valence-corrected chi connectivity index (χ2v) is 7.24. The molecule has 1 aromatic rings. The van der Waals surface area contributed by atoms with Gasteiger partial charge in [-0.15, -0.1) is 0 Å². The minimum atomic E-state index is -1.09. The summed E-state index contributed by atoms with van der Waals surface area (Å²) in [6.45, 7) is 9.57. The third-order valence-corrected chi connectivity index (χ3v) is 4.06. The van der Waals surface area contributed by atoms with Crippen LogP contribution in [0.2, 0.25) is 0 Å². The summed E-state index contributed by atoms with van der Waals surface area (Å²) in [5, 5.41) is 14.8. The lowest BCUT2D eigenvalue weighted by Gasteiger charge is -2.19. The lowest BCUT2D eigenvalue weighted by atomic mass is 9.96. The average Bonchev–Trinajstić information content (AvgIpc) is 2.51. The average molecular weight is 348 g/mol. The topological polar surface area (TPSA) is 95.5 Å². The standard InChI is InChI=1S/C19H28N2O4/c1-12-8-6-9-14(13(12)2)16(17(23)24)21-15(22)10-7-11-20-18(25)19(3,4)5/h6,8-9,16H,7,10-11H2,1-5H3,(H,20,25)(H,21,22)(H,23,24). The molecular formula is C19H28N2O4. The van der Waals surface area contributed by atoms with Gasteiger partial charge in [0.05, 0.1) is 0 Å². The van der Waals surface area contributed by atoms with Crippen LogP contribution in [0.4, 0.5) is 0 Å². The molecule has 0 aliphatic rings. The summed E-state index contributed by atoms with van der Waals surface area (Å²) in [5.74, 6) is -1.52. The Labute approximate surface area is 149 Å². The Balaban J connectivity index is 2.60. The zero-order valence-corrected chi connectivity index (χ0v) is 15.6. The maximum atomic E-state index is 12.1. The number of rotatable bonds is 7. The van der Waals surface area contributed by atoms with Crippen LogP contribution in [-0.2, 0) is 14.4 Å². The van der Waals surface area contributed by atoms with E-state index in [4.69, 9.17) is 0 Å². The van der Waals surface area contributed by atoms with E-state index in [1.165, 1.54) is 0 Å². The quantitative estimate of drug-likeness (QED) is 0.660. The number of carboxylic acids is 1. The molecule has 0 fully saturated rings. The van der Waals surface area contributed by atoms with Gasteiger partial charge in [-0.05, 0) is 37.0 Å². The molecular weight excluding hydrogens is 320 g/mol. The predicted octanol–water partition coefficient (Wildman–Crippen LogP) is 2.49. The van der Waals surface area contributed by atoms with Crippen molar-refractivity contribution in [3.63, 3.8) is 0 Å². The van der Waals surface area contributed by atoms with Crippen LogP contribution in [0, 0.1) is 19.3 Å². The molecule has 1 rings (SSSR count). The fourth-order valence-corrected chi connectivity index (χ4v) is 2.31. The molecule has 2 amide bonds. The summed E-state index contributed by atoms with van der Waals surface area (Å²) >= 11 is 0. The second-order valence-electron chi connectivity index (χ2n) is 7.24. The number of amides is 2. The van der Waals surface area contributed by atoms with Crippen LogP contribution in [0.15, 0.2) is 18.2 Å². The highest BCUT2D eigenvalue weighted by Gasteiger charge is 2.24. The number of benzene rings is 1. The maximum Gasteiger partial charge on any atom is 0.330 e. The summed E-state index contributed by atoms with van der Waals surface area (Å²) in [6.07, 6.45) is 0.603. The Hall–Kier alpha value is -2.37. The van der Waals surface area contributed by atoms with Gasteiger partial charge in [-0.2, -0.15) is 0 Å². The molecule has 3 N–H and O–H groups in total. The Morgan fingerprint density at radius 1 is 1.16 bits per heavy atom. The number of hydrogen-bond acceptors (Lipinski definition) is 3. The Morgan fingerprint density at radius 2 is 1.80 bits per heavy atom. The first-order chi connectivity index (χ1) is 11.5. The first-order valence-electron chi connectivity index (χ1n) is 8.40. The van der Waals surface area contributed by atoms with Gasteiger partial charge in [-0.1, -0.05) is 39.0 Å². The smallest absolute Gasteiger partial charge is 0.330 e. The molecule has 6 heteroatoms. The van der Waals surface area contributed by atoms with Crippen LogP contribution in [-0.4, -0.2) is 29.4 Å². The maximum absolute atomic E-state index is 12.1. The Kier molecular flexibility index (Phi) is 7.15. The van der Waals surface area contributed by atoms with Crippen molar-refractivity contribution in [1.82, 2.24) is 10.6 Å². The van der Waals surface area contributed by atoms with Gasteiger partial charge in [-0.25, -0.2) is 4.79 Å². The van der Waals surface area contributed by atoms with E-state index in [1.807, 2.05) is 40.7 Å². The summed E-state index contributed by atoms with van der Waals surface area (Å²) in [4.78, 5) is 35.4. The minimum Gasteiger partial charge on any atom is -0.479 e. The van der Waals surface area contributed by atoms with E-state index < -0.39 is 17.4 Å². The lowest BCUT2D eigenvalue weighted by molar-refractivity contribution is -0.142. The third-order valence-electron chi connectivity index (χ3n) is 4.06. The van der Waals surface area contributed by atoms with Crippen molar-refractivity contribution < 1.29 is 19.5 Å². The van der Waals surface area contributed by atoms with Crippen molar-refractivity contribution in [1.29, 1.82) is 0 Å². The number of carboxylic acid groups (broad SMARTS) is 1. The molecule has 0 aliphatic heterocycles. The fourth-order valence-electron chi connectivity index (χ4n) is 2.31. The van der Waals surface area contributed by atoms with E-state index in [1.54, 1.807) is 12.1 Å². The van der Waals surface area contributed by atoms with E-state index in [9.17, 15) is 19.5 Å². The molecule has 0 saturated heterocycles. The monoisotopic (exact) mass is 348 g/mol. The van der Waals surface area contributed by atoms with Crippen LogP contribution < -0.4 is 10.6 Å². The molecule has 0 bridgehead atoms. The number of aliphatic carboxylic acids is 1. The molecule has 25 heavy (non-hydrogen) atoms. The second kappa shape index (κ2) is 8.65. The first kappa shape index (κ1) is 20.7. The van der Waals surface area contributed by atoms with Gasteiger partial charge in [0.1, 0.15) is 0 Å². The molecule has 0 saturated carbocycles. The first-order valence-corrected chi connectivity index (χ1v) is 8.40. The number of carbonyl (C=O) groups is 3. The van der Waals surface area contributed by atoms with Crippen LogP contribution in [0.3, 0.4) is 0 Å². The van der Waals surface area contributed by atoms with Gasteiger partial charge in [0.15, 0.2) is 6.04 Å². The number of hydrogen-bond donors (Lipinski definition) is 3. The van der Waals surface area contributed by atoms with E-state index >= 15 is 0 Å². The molecule has 0 spiro atoms. The number of aryl methyl sites for hydroxylation is 1. The van der Waals surface area contributed by atoms with Crippen molar-refractivity contribution in [2.75, 3.05) is 6.54 Å². The van der Waals surface area contributed by atoms with Crippen molar-refractivity contribution in [3.05, 3.63) is 34.9 Å². The number of carbonyl (C=O) groups excluding carboxylic acids is 2. The normalized spacial score (nSPS) is 12.4. The zero-order valence-electron chi connectivity index (χ0n) is 15.6.